The van der Waals surface area contributed by atoms with Crippen molar-refractivity contribution in [1.82, 2.24) is 14.9 Å². The van der Waals surface area contributed by atoms with E-state index in [0.717, 1.165) is 35.6 Å². The molecule has 1 aliphatic heterocycles. The Hall–Kier alpha value is -2.89. The molecule has 1 amide bonds. The van der Waals surface area contributed by atoms with Crippen molar-refractivity contribution in [2.45, 2.75) is 6.92 Å². The van der Waals surface area contributed by atoms with E-state index in [0.29, 0.717) is 13.1 Å². The van der Waals surface area contributed by atoms with E-state index < -0.39 is 5.82 Å². The maximum absolute atomic E-state index is 13.8. The molecule has 1 aromatic heterocycles. The van der Waals surface area contributed by atoms with Crippen molar-refractivity contribution >= 4 is 22.6 Å². The summed E-state index contributed by atoms with van der Waals surface area (Å²) < 4.78 is 13.8. The van der Waals surface area contributed by atoms with E-state index in [-0.39, 0.29) is 11.5 Å². The van der Waals surface area contributed by atoms with Crippen LogP contribution in [0.25, 0.3) is 11.0 Å². The first kappa shape index (κ1) is 15.6. The molecule has 1 fully saturated rings. The Bertz CT molecular complexity index is 928. The van der Waals surface area contributed by atoms with Gasteiger partial charge in [0.15, 0.2) is 0 Å². The number of anilines is 1. The van der Waals surface area contributed by atoms with Gasteiger partial charge >= 0.3 is 0 Å². The fourth-order valence-corrected chi connectivity index (χ4v) is 3.29. The third-order valence-electron chi connectivity index (χ3n) is 4.62. The molecular formula is C19H19FN4O. The molecular weight excluding hydrogens is 319 g/mol. The second kappa shape index (κ2) is 6.20. The maximum atomic E-state index is 13.8. The summed E-state index contributed by atoms with van der Waals surface area (Å²) in [7, 11) is 0. The third-order valence-corrected chi connectivity index (χ3v) is 4.62. The second-order valence-corrected chi connectivity index (χ2v) is 6.28. The van der Waals surface area contributed by atoms with Crippen LogP contribution >= 0.6 is 0 Å². The first-order valence-corrected chi connectivity index (χ1v) is 8.37. The molecule has 0 saturated carbocycles. The summed E-state index contributed by atoms with van der Waals surface area (Å²) in [6.45, 7) is 4.53. The highest BCUT2D eigenvalue weighted by molar-refractivity contribution is 5.94. The van der Waals surface area contributed by atoms with Crippen LogP contribution in [0.3, 0.4) is 0 Å². The number of H-pyrrole nitrogens is 1. The number of rotatable bonds is 2. The number of halogens is 1. The van der Waals surface area contributed by atoms with Gasteiger partial charge in [-0.05, 0) is 37.3 Å². The largest absolute Gasteiger partial charge is 0.368 e. The Morgan fingerprint density at radius 2 is 1.88 bits per heavy atom. The SMILES string of the molecule is Cc1nc2ccc(N3CCN(C(=O)c4ccccc4F)CC3)cc2[nH]1. The fourth-order valence-electron chi connectivity index (χ4n) is 3.29. The van der Waals surface area contributed by atoms with Crippen molar-refractivity contribution in [3.63, 3.8) is 0 Å². The summed E-state index contributed by atoms with van der Waals surface area (Å²) >= 11 is 0. The van der Waals surface area contributed by atoms with Crippen molar-refractivity contribution in [2.75, 3.05) is 31.1 Å². The van der Waals surface area contributed by atoms with Crippen molar-refractivity contribution in [3.8, 4) is 0 Å². The first-order valence-electron chi connectivity index (χ1n) is 8.37. The molecule has 5 nitrogen and oxygen atoms in total. The average molecular weight is 338 g/mol. The highest BCUT2D eigenvalue weighted by Gasteiger charge is 2.24. The molecule has 0 atom stereocenters. The van der Waals surface area contributed by atoms with E-state index in [1.54, 1.807) is 23.1 Å². The van der Waals surface area contributed by atoms with E-state index in [4.69, 9.17) is 0 Å². The number of carbonyl (C=O) groups excluding carboxylic acids is 1. The van der Waals surface area contributed by atoms with Gasteiger partial charge in [0.1, 0.15) is 11.6 Å². The third kappa shape index (κ3) is 2.95. The number of nitrogens with zero attached hydrogens (tertiary/aromatic N) is 3. The number of hydrogen-bond donors (Lipinski definition) is 1. The maximum Gasteiger partial charge on any atom is 0.256 e. The van der Waals surface area contributed by atoms with Gasteiger partial charge in [-0.1, -0.05) is 12.1 Å². The van der Waals surface area contributed by atoms with Crippen molar-refractivity contribution in [3.05, 3.63) is 59.7 Å². The molecule has 4 rings (SSSR count). The highest BCUT2D eigenvalue weighted by atomic mass is 19.1. The Balaban J connectivity index is 1.47. The zero-order valence-electron chi connectivity index (χ0n) is 14.0. The van der Waals surface area contributed by atoms with Crippen LogP contribution in [0.15, 0.2) is 42.5 Å². The number of aromatic nitrogens is 2. The van der Waals surface area contributed by atoms with Crippen molar-refractivity contribution in [2.24, 2.45) is 0 Å². The summed E-state index contributed by atoms with van der Waals surface area (Å²) in [5.41, 5.74) is 3.22. The van der Waals surface area contributed by atoms with Crippen LogP contribution < -0.4 is 4.90 Å². The Morgan fingerprint density at radius 3 is 2.64 bits per heavy atom. The van der Waals surface area contributed by atoms with Gasteiger partial charge in [0.05, 0.1) is 16.6 Å². The topological polar surface area (TPSA) is 52.2 Å². The lowest BCUT2D eigenvalue weighted by Crippen LogP contribution is -2.49. The zero-order valence-corrected chi connectivity index (χ0v) is 14.0. The number of imidazole rings is 1. The van der Waals surface area contributed by atoms with Gasteiger partial charge in [0, 0.05) is 31.9 Å². The van der Waals surface area contributed by atoms with E-state index in [2.05, 4.69) is 27.0 Å². The van der Waals surface area contributed by atoms with Gasteiger partial charge in [-0.15, -0.1) is 0 Å². The molecule has 1 N–H and O–H groups in total. The lowest BCUT2D eigenvalue weighted by atomic mass is 10.1. The fraction of sp³-hybridized carbons (Fsp3) is 0.263. The quantitative estimate of drug-likeness (QED) is 0.781. The minimum Gasteiger partial charge on any atom is -0.368 e. The van der Waals surface area contributed by atoms with Gasteiger partial charge in [-0.25, -0.2) is 9.37 Å². The molecule has 0 bridgehead atoms. The molecule has 128 valence electrons. The van der Waals surface area contributed by atoms with E-state index in [9.17, 15) is 9.18 Å². The van der Waals surface area contributed by atoms with Crippen LogP contribution in [0, 0.1) is 12.7 Å². The van der Waals surface area contributed by atoms with Gasteiger partial charge in [0.2, 0.25) is 0 Å². The smallest absolute Gasteiger partial charge is 0.256 e. The minimum absolute atomic E-state index is 0.144. The molecule has 25 heavy (non-hydrogen) atoms. The summed E-state index contributed by atoms with van der Waals surface area (Å²) in [6.07, 6.45) is 0. The molecule has 1 aliphatic rings. The van der Waals surface area contributed by atoms with Crippen LogP contribution in [-0.4, -0.2) is 47.0 Å². The Kier molecular flexibility index (Phi) is 3.87. The van der Waals surface area contributed by atoms with Gasteiger partial charge < -0.3 is 14.8 Å². The highest BCUT2D eigenvalue weighted by Crippen LogP contribution is 2.22. The molecule has 3 aromatic rings. The number of benzene rings is 2. The molecule has 0 radical (unpaired) electrons. The number of nitrogens with one attached hydrogen (secondary N) is 1. The molecule has 0 spiro atoms. The van der Waals surface area contributed by atoms with E-state index >= 15 is 0 Å². The van der Waals surface area contributed by atoms with Crippen LogP contribution in [0.1, 0.15) is 16.2 Å². The number of hydrogen-bond acceptors (Lipinski definition) is 3. The molecule has 2 aromatic carbocycles. The number of fused-ring (bicyclic) bond motifs is 1. The van der Waals surface area contributed by atoms with Gasteiger partial charge in [-0.3, -0.25) is 4.79 Å². The monoisotopic (exact) mass is 338 g/mol. The normalized spacial score (nSPS) is 15.0. The first-order chi connectivity index (χ1) is 12.1. The summed E-state index contributed by atoms with van der Waals surface area (Å²) in [5.74, 6) is 0.194. The average Bonchev–Trinajstić information content (AvgIpc) is 3.01. The number of amides is 1. The number of piperazine rings is 1. The Labute approximate surface area is 145 Å². The zero-order chi connectivity index (χ0) is 17.4. The van der Waals surface area contributed by atoms with E-state index in [1.807, 2.05) is 13.0 Å². The standard InChI is InChI=1S/C19H19FN4O/c1-13-21-17-7-6-14(12-18(17)22-13)23-8-10-24(11-9-23)19(25)15-4-2-3-5-16(15)20/h2-7,12H,8-11H2,1H3,(H,21,22). The number of aryl methyl sites for hydroxylation is 1. The second-order valence-electron chi connectivity index (χ2n) is 6.28. The summed E-state index contributed by atoms with van der Waals surface area (Å²) in [6, 6.07) is 12.3. The van der Waals surface area contributed by atoms with Gasteiger partial charge in [0.25, 0.3) is 5.91 Å². The molecule has 6 heteroatoms. The lowest BCUT2D eigenvalue weighted by molar-refractivity contribution is 0.0742. The summed E-state index contributed by atoms with van der Waals surface area (Å²) in [4.78, 5) is 24.1. The molecule has 2 heterocycles. The van der Waals surface area contributed by atoms with Crippen LogP contribution in [0.4, 0.5) is 10.1 Å². The molecule has 0 aliphatic carbocycles. The molecule has 1 saturated heterocycles. The number of aromatic amines is 1. The van der Waals surface area contributed by atoms with Crippen molar-refractivity contribution < 1.29 is 9.18 Å². The Morgan fingerprint density at radius 1 is 1.12 bits per heavy atom. The van der Waals surface area contributed by atoms with Gasteiger partial charge in [-0.2, -0.15) is 0 Å². The van der Waals surface area contributed by atoms with Crippen molar-refractivity contribution in [1.29, 1.82) is 0 Å². The predicted molar refractivity (Wildman–Crippen MR) is 95.3 cm³/mol. The number of carbonyl (C=O) groups is 1. The lowest BCUT2D eigenvalue weighted by Gasteiger charge is -2.36. The molecule has 0 unspecified atom stereocenters. The predicted octanol–water partition coefficient (Wildman–Crippen LogP) is 2.97. The van der Waals surface area contributed by atoms with Crippen LogP contribution in [0.2, 0.25) is 0 Å². The van der Waals surface area contributed by atoms with E-state index in [1.165, 1.54) is 6.07 Å². The minimum atomic E-state index is -0.463. The summed E-state index contributed by atoms with van der Waals surface area (Å²) in [5, 5.41) is 0. The van der Waals surface area contributed by atoms with Crippen LogP contribution in [-0.2, 0) is 0 Å². The van der Waals surface area contributed by atoms with Crippen LogP contribution in [0.5, 0.6) is 0 Å².